The Morgan fingerprint density at radius 2 is 1.63 bits per heavy atom. The van der Waals surface area contributed by atoms with Crippen LogP contribution >= 0.6 is 0 Å². The molecule has 8 nitrogen and oxygen atoms in total. The number of ether oxygens (including phenoxy) is 2. The predicted octanol–water partition coefficient (Wildman–Crippen LogP) is 7.18. The summed E-state index contributed by atoms with van der Waals surface area (Å²) in [4.78, 5) is 39.6. The number of carboxylic acids is 1. The minimum Gasteiger partial charge on any atom is -0.490 e. The van der Waals surface area contributed by atoms with E-state index in [1.807, 2.05) is 0 Å². The first-order valence-electron chi connectivity index (χ1n) is 16.1. The van der Waals surface area contributed by atoms with Crippen molar-refractivity contribution in [3.63, 3.8) is 0 Å². The number of aromatic carboxylic acids is 1. The molecule has 6 rings (SSSR count). The van der Waals surface area contributed by atoms with Gasteiger partial charge in [-0.1, -0.05) is 18.9 Å². The smallest absolute Gasteiger partial charge is 0.419 e. The highest BCUT2D eigenvalue weighted by Crippen LogP contribution is 2.57. The molecule has 13 heteroatoms. The molecule has 2 amide bonds. The lowest BCUT2D eigenvalue weighted by Gasteiger charge is -2.31. The maximum atomic E-state index is 14.9. The van der Waals surface area contributed by atoms with Crippen LogP contribution in [-0.2, 0) is 15.7 Å². The van der Waals surface area contributed by atoms with Crippen LogP contribution in [0.4, 0.5) is 27.6 Å². The summed E-state index contributed by atoms with van der Waals surface area (Å²) in [5.74, 6) is -4.81. The van der Waals surface area contributed by atoms with Crippen molar-refractivity contribution in [3.8, 4) is 16.9 Å². The molecule has 3 fully saturated rings. The second kappa shape index (κ2) is 13.8. The Hall–Kier alpha value is -4.52. The fourth-order valence-corrected chi connectivity index (χ4v) is 7.59. The standard InChI is InChI=1S/C36H35F5N2O6/c1-48-12-13-49-30-11-5-19(24-16-20(35(46)47)4-9-28(24)37)15-26(30)33(44)43-32-23-8-7-22(25(23)14-18-2-3-18)31(32)34(45)42-21-6-10-29(38)27(17-21)36(39,40)41/h4-6,9-11,15-18,22-23,25,31-32H,2-3,7-8,12-14H2,1H3,(H,42,45)(H,43,44)(H,46,47)/t22?,23?,25?,31-,32+/m0/s1. The topological polar surface area (TPSA) is 114 Å². The minimum atomic E-state index is -4.96. The van der Waals surface area contributed by atoms with Crippen LogP contribution in [0.1, 0.15) is 58.4 Å². The van der Waals surface area contributed by atoms with Crippen LogP contribution in [0.5, 0.6) is 5.75 Å². The Morgan fingerprint density at radius 1 is 0.898 bits per heavy atom. The first-order chi connectivity index (χ1) is 23.3. The number of anilines is 1. The summed E-state index contributed by atoms with van der Waals surface area (Å²) in [7, 11) is 1.48. The molecule has 0 aromatic heterocycles. The van der Waals surface area contributed by atoms with E-state index in [4.69, 9.17) is 9.47 Å². The van der Waals surface area contributed by atoms with E-state index in [1.165, 1.54) is 31.4 Å². The number of fused-ring (bicyclic) bond motifs is 2. The van der Waals surface area contributed by atoms with Gasteiger partial charge in [0.05, 0.1) is 29.2 Å². The number of rotatable bonds is 12. The van der Waals surface area contributed by atoms with Crippen molar-refractivity contribution in [2.75, 3.05) is 25.6 Å². The quantitative estimate of drug-likeness (QED) is 0.137. The van der Waals surface area contributed by atoms with Gasteiger partial charge >= 0.3 is 12.1 Å². The van der Waals surface area contributed by atoms with E-state index in [9.17, 15) is 41.4 Å². The van der Waals surface area contributed by atoms with Crippen LogP contribution in [-0.4, -0.2) is 49.3 Å². The Balaban J connectivity index is 1.32. The minimum absolute atomic E-state index is 0.0164. The highest BCUT2D eigenvalue weighted by molar-refractivity contribution is 6.00. The Morgan fingerprint density at radius 3 is 2.33 bits per heavy atom. The lowest BCUT2D eigenvalue weighted by atomic mass is 9.83. The Kier molecular flexibility index (Phi) is 9.65. The molecule has 0 heterocycles. The third-order valence-electron chi connectivity index (χ3n) is 9.98. The van der Waals surface area contributed by atoms with Gasteiger partial charge in [-0.05, 0) is 97.0 Å². The molecule has 3 unspecified atom stereocenters. The molecule has 3 aromatic rings. The molecule has 3 saturated carbocycles. The highest BCUT2D eigenvalue weighted by atomic mass is 19.4. The van der Waals surface area contributed by atoms with Gasteiger partial charge in [0.15, 0.2) is 0 Å². The summed E-state index contributed by atoms with van der Waals surface area (Å²) in [6.45, 7) is 0.286. The largest absolute Gasteiger partial charge is 0.490 e. The summed E-state index contributed by atoms with van der Waals surface area (Å²) >= 11 is 0. The number of carboxylic acid groups (broad SMARTS) is 1. The molecule has 0 aliphatic heterocycles. The van der Waals surface area contributed by atoms with Crippen molar-refractivity contribution in [1.82, 2.24) is 5.32 Å². The zero-order chi connectivity index (χ0) is 35.0. The number of nitrogens with one attached hydrogen (secondary N) is 2. The molecule has 2 bridgehead atoms. The van der Waals surface area contributed by atoms with E-state index < -0.39 is 53.1 Å². The summed E-state index contributed by atoms with van der Waals surface area (Å²) in [6, 6.07) is 9.29. The monoisotopic (exact) mass is 686 g/mol. The first kappa shape index (κ1) is 34.3. The van der Waals surface area contributed by atoms with Crippen LogP contribution in [0.2, 0.25) is 0 Å². The third-order valence-corrected chi connectivity index (χ3v) is 9.98. The number of carbonyl (C=O) groups is 3. The number of halogens is 5. The SMILES string of the molecule is COCCOc1ccc(-c2cc(C(=O)O)ccc2F)cc1C(=O)N[C@@H]1C2CCC(C2CC2CC2)[C@@H]1C(=O)Nc1ccc(F)c(C(F)(F)F)c1. The number of benzene rings is 3. The zero-order valence-corrected chi connectivity index (χ0v) is 26.5. The number of carbonyl (C=O) groups excluding carboxylic acids is 2. The molecule has 0 spiro atoms. The van der Waals surface area contributed by atoms with Crippen LogP contribution in [0, 0.1) is 41.2 Å². The summed E-state index contributed by atoms with van der Waals surface area (Å²) in [5, 5.41) is 15.0. The average Bonchev–Trinajstić information content (AvgIpc) is 3.73. The third kappa shape index (κ3) is 7.26. The maximum absolute atomic E-state index is 14.9. The van der Waals surface area contributed by atoms with Crippen molar-refractivity contribution in [3.05, 3.63) is 82.9 Å². The van der Waals surface area contributed by atoms with Crippen LogP contribution in [0.25, 0.3) is 11.1 Å². The van der Waals surface area contributed by atoms with Crippen LogP contribution in [0.3, 0.4) is 0 Å². The van der Waals surface area contributed by atoms with Gasteiger partial charge in [0.2, 0.25) is 5.91 Å². The molecule has 3 aliphatic carbocycles. The average molecular weight is 687 g/mol. The number of hydrogen-bond acceptors (Lipinski definition) is 5. The molecule has 260 valence electrons. The van der Waals surface area contributed by atoms with Gasteiger partial charge in [-0.25, -0.2) is 13.6 Å². The van der Waals surface area contributed by atoms with Crippen molar-refractivity contribution in [2.45, 2.75) is 44.3 Å². The molecular formula is C36H35F5N2O6. The summed E-state index contributed by atoms with van der Waals surface area (Å²) < 4.78 is 80.0. The van der Waals surface area contributed by atoms with Crippen molar-refractivity contribution < 1.29 is 50.9 Å². The number of amides is 2. The van der Waals surface area contributed by atoms with Gasteiger partial charge in [0.1, 0.15) is 24.0 Å². The maximum Gasteiger partial charge on any atom is 0.419 e. The predicted molar refractivity (Wildman–Crippen MR) is 168 cm³/mol. The van der Waals surface area contributed by atoms with Crippen LogP contribution in [0.15, 0.2) is 54.6 Å². The van der Waals surface area contributed by atoms with E-state index >= 15 is 0 Å². The van der Waals surface area contributed by atoms with Gasteiger partial charge < -0.3 is 25.2 Å². The fraction of sp³-hybridized carbons (Fsp3) is 0.417. The summed E-state index contributed by atoms with van der Waals surface area (Å²) in [5.41, 5.74) is -1.67. The van der Waals surface area contributed by atoms with E-state index in [1.54, 1.807) is 0 Å². The van der Waals surface area contributed by atoms with E-state index in [0.29, 0.717) is 24.5 Å². The molecule has 3 aliphatic rings. The van der Waals surface area contributed by atoms with Gasteiger partial charge in [0, 0.05) is 24.4 Å². The first-order valence-corrected chi connectivity index (χ1v) is 16.1. The van der Waals surface area contributed by atoms with Crippen molar-refractivity contribution in [1.29, 1.82) is 0 Å². The number of hydrogen-bond donors (Lipinski definition) is 3. The lowest BCUT2D eigenvalue weighted by molar-refractivity contribution is -0.140. The van der Waals surface area contributed by atoms with E-state index in [-0.39, 0.29) is 64.7 Å². The van der Waals surface area contributed by atoms with E-state index in [0.717, 1.165) is 43.9 Å². The second-order valence-electron chi connectivity index (χ2n) is 13.0. The highest BCUT2D eigenvalue weighted by Gasteiger charge is 2.58. The second-order valence-corrected chi connectivity index (χ2v) is 13.0. The van der Waals surface area contributed by atoms with Crippen LogP contribution < -0.4 is 15.4 Å². The normalized spacial score (nSPS) is 22.9. The molecule has 0 radical (unpaired) electrons. The lowest BCUT2D eigenvalue weighted by Crippen LogP contribution is -2.48. The van der Waals surface area contributed by atoms with Crippen molar-refractivity contribution >= 4 is 23.5 Å². The van der Waals surface area contributed by atoms with Crippen molar-refractivity contribution in [2.24, 2.45) is 29.6 Å². The summed E-state index contributed by atoms with van der Waals surface area (Å²) in [6.07, 6.45) is -0.471. The molecule has 3 aromatic carbocycles. The molecule has 0 saturated heterocycles. The van der Waals surface area contributed by atoms with Gasteiger partial charge in [-0.3, -0.25) is 9.59 Å². The van der Waals surface area contributed by atoms with Gasteiger partial charge in [-0.2, -0.15) is 13.2 Å². The fourth-order valence-electron chi connectivity index (χ4n) is 7.59. The zero-order valence-electron chi connectivity index (χ0n) is 26.5. The molecule has 5 atom stereocenters. The molecular weight excluding hydrogens is 651 g/mol. The molecule has 49 heavy (non-hydrogen) atoms. The molecule has 3 N–H and O–H groups in total. The Bertz CT molecular complexity index is 1760. The number of methoxy groups -OCH3 is 1. The van der Waals surface area contributed by atoms with Gasteiger partial charge in [0.25, 0.3) is 5.91 Å². The number of alkyl halides is 3. The van der Waals surface area contributed by atoms with Gasteiger partial charge in [-0.15, -0.1) is 0 Å². The Labute approximate surface area is 279 Å². The van der Waals surface area contributed by atoms with E-state index in [2.05, 4.69) is 10.6 Å².